The van der Waals surface area contributed by atoms with Crippen LogP contribution in [0, 0.1) is 5.82 Å². The molecule has 0 bridgehead atoms. The predicted octanol–water partition coefficient (Wildman–Crippen LogP) is 2.03. The molecule has 1 amide bonds. The van der Waals surface area contributed by atoms with Gasteiger partial charge in [-0.15, -0.1) is 0 Å². The maximum atomic E-state index is 13.2. The van der Waals surface area contributed by atoms with E-state index in [0.717, 1.165) is 22.7 Å². The Kier molecular flexibility index (Phi) is 7.22. The van der Waals surface area contributed by atoms with E-state index in [-0.39, 0.29) is 28.4 Å². The minimum Gasteiger partial charge on any atom is -0.493 e. The van der Waals surface area contributed by atoms with Gasteiger partial charge in [0.05, 0.1) is 44.5 Å². The maximum Gasteiger partial charge on any atom is 0.340 e. The number of nitrogens with zero attached hydrogens (tertiary/aromatic N) is 1. The molecule has 162 valence electrons. The average Bonchev–Trinajstić information content (AvgIpc) is 2.71. The summed E-state index contributed by atoms with van der Waals surface area (Å²) in [6, 6.07) is 7.31. The minimum absolute atomic E-state index is 0.0174. The molecule has 0 heterocycles. The van der Waals surface area contributed by atoms with Gasteiger partial charge in [0.15, 0.2) is 11.5 Å². The van der Waals surface area contributed by atoms with Gasteiger partial charge in [0.25, 0.3) is 0 Å². The summed E-state index contributed by atoms with van der Waals surface area (Å²) in [6.45, 7) is -0.612. The van der Waals surface area contributed by atoms with Crippen LogP contribution in [0.25, 0.3) is 0 Å². The summed E-state index contributed by atoms with van der Waals surface area (Å²) >= 11 is 0. The van der Waals surface area contributed by atoms with Gasteiger partial charge in [0.1, 0.15) is 12.4 Å². The number of halogens is 1. The number of amides is 1. The Hall–Kier alpha value is -3.34. The molecule has 2 aromatic carbocycles. The van der Waals surface area contributed by atoms with Crippen LogP contribution in [0.5, 0.6) is 11.5 Å². The Labute approximate surface area is 173 Å². The monoisotopic (exact) mass is 440 g/mol. The molecule has 0 aliphatic carbocycles. The average molecular weight is 440 g/mol. The van der Waals surface area contributed by atoms with Gasteiger partial charge in [-0.1, -0.05) is 0 Å². The standard InChI is InChI=1S/C19H21FN2O7S/c1-27-16-9-14(19(24)29-3)15(10-17(16)28-2)21-18(23)11-22(30(4,25)26)13-7-5-12(20)6-8-13/h5-10H,11H2,1-4H3,(H,21,23). The molecule has 1 N–H and O–H groups in total. The van der Waals surface area contributed by atoms with Crippen molar-refractivity contribution in [1.82, 2.24) is 0 Å². The lowest BCUT2D eigenvalue weighted by Gasteiger charge is -2.22. The van der Waals surface area contributed by atoms with Gasteiger partial charge < -0.3 is 19.5 Å². The van der Waals surface area contributed by atoms with Crippen molar-refractivity contribution in [3.05, 3.63) is 47.8 Å². The first-order valence-electron chi connectivity index (χ1n) is 8.48. The molecule has 0 atom stereocenters. The lowest BCUT2D eigenvalue weighted by Crippen LogP contribution is -2.37. The summed E-state index contributed by atoms with van der Waals surface area (Å²) in [5.74, 6) is -1.57. The zero-order valence-electron chi connectivity index (χ0n) is 16.8. The number of carbonyl (C=O) groups excluding carboxylic acids is 2. The topological polar surface area (TPSA) is 111 Å². The highest BCUT2D eigenvalue weighted by Gasteiger charge is 2.23. The fourth-order valence-electron chi connectivity index (χ4n) is 2.59. The Balaban J connectivity index is 2.37. The van der Waals surface area contributed by atoms with Crippen LogP contribution in [-0.4, -0.2) is 54.4 Å². The van der Waals surface area contributed by atoms with Crippen LogP contribution in [0.15, 0.2) is 36.4 Å². The number of esters is 1. The summed E-state index contributed by atoms with van der Waals surface area (Å²) in [7, 11) is 0.0672. The largest absolute Gasteiger partial charge is 0.493 e. The second-order valence-corrected chi connectivity index (χ2v) is 7.95. The molecule has 0 spiro atoms. The number of hydrogen-bond acceptors (Lipinski definition) is 7. The fraction of sp³-hybridized carbons (Fsp3) is 0.263. The van der Waals surface area contributed by atoms with Gasteiger partial charge in [-0.25, -0.2) is 17.6 Å². The summed E-state index contributed by atoms with van der Waals surface area (Å²) < 4.78 is 53.3. The molecule has 0 aliphatic heterocycles. The van der Waals surface area contributed by atoms with Gasteiger partial charge in [0, 0.05) is 12.1 Å². The highest BCUT2D eigenvalue weighted by Crippen LogP contribution is 2.34. The lowest BCUT2D eigenvalue weighted by atomic mass is 10.1. The zero-order valence-corrected chi connectivity index (χ0v) is 17.6. The third-order valence-corrected chi connectivity index (χ3v) is 5.15. The van der Waals surface area contributed by atoms with Gasteiger partial charge in [-0.3, -0.25) is 9.10 Å². The van der Waals surface area contributed by atoms with Crippen molar-refractivity contribution in [2.45, 2.75) is 0 Å². The lowest BCUT2D eigenvalue weighted by molar-refractivity contribution is -0.114. The van der Waals surface area contributed by atoms with E-state index >= 15 is 0 Å². The van der Waals surface area contributed by atoms with E-state index < -0.39 is 34.3 Å². The van der Waals surface area contributed by atoms with Gasteiger partial charge in [-0.05, 0) is 24.3 Å². The molecule has 11 heteroatoms. The first-order chi connectivity index (χ1) is 14.1. The van der Waals surface area contributed by atoms with Crippen LogP contribution in [0.1, 0.15) is 10.4 Å². The summed E-state index contributed by atoms with van der Waals surface area (Å²) in [5.41, 5.74) is 0.128. The number of benzene rings is 2. The number of sulfonamides is 1. The van der Waals surface area contributed by atoms with Gasteiger partial charge >= 0.3 is 5.97 Å². The number of nitrogens with one attached hydrogen (secondary N) is 1. The molecular weight excluding hydrogens is 419 g/mol. The normalized spacial score (nSPS) is 10.8. The molecular formula is C19H21FN2O7S. The van der Waals surface area contributed by atoms with Crippen LogP contribution in [-0.2, 0) is 19.6 Å². The molecule has 30 heavy (non-hydrogen) atoms. The number of methoxy groups -OCH3 is 3. The summed E-state index contributed by atoms with van der Waals surface area (Å²) in [4.78, 5) is 24.7. The predicted molar refractivity (Wildman–Crippen MR) is 108 cm³/mol. The third kappa shape index (κ3) is 5.38. The maximum absolute atomic E-state index is 13.2. The molecule has 0 fully saturated rings. The van der Waals surface area contributed by atoms with E-state index in [1.807, 2.05) is 0 Å². The van der Waals surface area contributed by atoms with E-state index in [2.05, 4.69) is 5.32 Å². The second-order valence-electron chi connectivity index (χ2n) is 6.04. The molecule has 0 aromatic heterocycles. The molecule has 0 aliphatic rings. The molecule has 2 aromatic rings. The Morgan fingerprint density at radius 2 is 1.60 bits per heavy atom. The molecule has 0 unspecified atom stereocenters. The molecule has 9 nitrogen and oxygen atoms in total. The Morgan fingerprint density at radius 3 is 2.10 bits per heavy atom. The van der Waals surface area contributed by atoms with E-state index in [0.29, 0.717) is 0 Å². The van der Waals surface area contributed by atoms with Crippen molar-refractivity contribution in [2.24, 2.45) is 0 Å². The van der Waals surface area contributed by atoms with Crippen molar-refractivity contribution in [2.75, 3.05) is 43.8 Å². The quantitative estimate of drug-likeness (QED) is 0.625. The van der Waals surface area contributed by atoms with E-state index in [1.165, 1.54) is 45.6 Å². The van der Waals surface area contributed by atoms with Crippen molar-refractivity contribution in [1.29, 1.82) is 0 Å². The van der Waals surface area contributed by atoms with Crippen molar-refractivity contribution >= 4 is 33.3 Å². The smallest absolute Gasteiger partial charge is 0.340 e. The number of hydrogen-bond donors (Lipinski definition) is 1. The van der Waals surface area contributed by atoms with Crippen LogP contribution < -0.4 is 19.1 Å². The van der Waals surface area contributed by atoms with Crippen LogP contribution in [0.3, 0.4) is 0 Å². The fourth-order valence-corrected chi connectivity index (χ4v) is 3.45. The van der Waals surface area contributed by atoms with E-state index in [4.69, 9.17) is 14.2 Å². The molecule has 0 saturated heterocycles. The summed E-state index contributed by atoms with van der Waals surface area (Å²) in [5, 5.41) is 2.48. The van der Waals surface area contributed by atoms with Crippen molar-refractivity contribution in [3.8, 4) is 11.5 Å². The molecule has 0 saturated carbocycles. The van der Waals surface area contributed by atoms with Crippen LogP contribution in [0.4, 0.5) is 15.8 Å². The first-order valence-corrected chi connectivity index (χ1v) is 10.3. The summed E-state index contributed by atoms with van der Waals surface area (Å²) in [6.07, 6.45) is 0.917. The second kappa shape index (κ2) is 9.44. The van der Waals surface area contributed by atoms with Crippen LogP contribution >= 0.6 is 0 Å². The van der Waals surface area contributed by atoms with E-state index in [9.17, 15) is 22.4 Å². The highest BCUT2D eigenvalue weighted by molar-refractivity contribution is 7.92. The number of anilines is 2. The highest BCUT2D eigenvalue weighted by atomic mass is 32.2. The van der Waals surface area contributed by atoms with Gasteiger partial charge in [-0.2, -0.15) is 0 Å². The minimum atomic E-state index is -3.86. The van der Waals surface area contributed by atoms with Crippen molar-refractivity contribution in [3.63, 3.8) is 0 Å². The van der Waals surface area contributed by atoms with Crippen molar-refractivity contribution < 1.29 is 36.6 Å². The first kappa shape index (κ1) is 22.9. The Morgan fingerprint density at radius 1 is 1.03 bits per heavy atom. The SMILES string of the molecule is COC(=O)c1cc(OC)c(OC)cc1NC(=O)CN(c1ccc(F)cc1)S(C)(=O)=O. The molecule has 0 radical (unpaired) electrons. The van der Waals surface area contributed by atoms with E-state index in [1.54, 1.807) is 0 Å². The number of rotatable bonds is 8. The third-order valence-electron chi connectivity index (χ3n) is 4.01. The number of ether oxygens (including phenoxy) is 3. The van der Waals surface area contributed by atoms with Crippen LogP contribution in [0.2, 0.25) is 0 Å². The number of carbonyl (C=O) groups is 2. The zero-order chi connectivity index (χ0) is 22.5. The van der Waals surface area contributed by atoms with Gasteiger partial charge in [0.2, 0.25) is 15.9 Å². The Bertz CT molecular complexity index is 1040. The molecule has 2 rings (SSSR count).